The molecule has 0 radical (unpaired) electrons. The van der Waals surface area contributed by atoms with Gasteiger partial charge in [-0.2, -0.15) is 0 Å². The van der Waals surface area contributed by atoms with Crippen molar-refractivity contribution in [1.82, 2.24) is 15.5 Å². The molecule has 1 aromatic rings. The van der Waals surface area contributed by atoms with E-state index < -0.39 is 0 Å². The molecule has 0 spiro atoms. The molecule has 3 rings (SSSR count). The van der Waals surface area contributed by atoms with E-state index in [9.17, 15) is 9.59 Å². The Morgan fingerprint density at radius 1 is 1.19 bits per heavy atom. The Morgan fingerprint density at radius 2 is 2.00 bits per heavy atom. The van der Waals surface area contributed by atoms with Crippen LogP contribution in [0.25, 0.3) is 0 Å². The molecule has 2 fully saturated rings. The number of nitrogens with zero attached hydrogens (tertiary/aromatic N) is 1. The van der Waals surface area contributed by atoms with Crippen molar-refractivity contribution in [2.24, 2.45) is 5.92 Å². The largest absolute Gasteiger partial charge is 0.493 e. The third-order valence-electron chi connectivity index (χ3n) is 5.14. The fourth-order valence-electron chi connectivity index (χ4n) is 3.67. The van der Waals surface area contributed by atoms with Gasteiger partial charge in [-0.1, -0.05) is 18.2 Å². The van der Waals surface area contributed by atoms with E-state index >= 15 is 0 Å². The highest BCUT2D eigenvalue weighted by molar-refractivity contribution is 5.85. The lowest BCUT2D eigenvalue weighted by atomic mass is 9.97. The molecule has 7 heteroatoms. The molecule has 1 aromatic carbocycles. The van der Waals surface area contributed by atoms with Gasteiger partial charge in [0.15, 0.2) is 0 Å². The second-order valence-electron chi connectivity index (χ2n) is 7.15. The van der Waals surface area contributed by atoms with Crippen molar-refractivity contribution >= 4 is 24.2 Å². The first-order valence-corrected chi connectivity index (χ1v) is 9.69. The molecular weight excluding hydrogens is 366 g/mol. The highest BCUT2D eigenvalue weighted by Crippen LogP contribution is 2.17. The number of ether oxygens (including phenoxy) is 1. The summed E-state index contributed by atoms with van der Waals surface area (Å²) in [5.41, 5.74) is 0. The molecule has 0 aliphatic carbocycles. The highest BCUT2D eigenvalue weighted by Gasteiger charge is 2.26. The third kappa shape index (κ3) is 6.70. The molecule has 0 aromatic heterocycles. The van der Waals surface area contributed by atoms with Gasteiger partial charge in [0.25, 0.3) is 0 Å². The van der Waals surface area contributed by atoms with Gasteiger partial charge < -0.3 is 20.3 Å². The van der Waals surface area contributed by atoms with Crippen molar-refractivity contribution in [3.8, 4) is 5.75 Å². The van der Waals surface area contributed by atoms with Crippen LogP contribution in [-0.4, -0.2) is 55.5 Å². The van der Waals surface area contributed by atoms with Crippen LogP contribution in [0.4, 0.5) is 0 Å². The van der Waals surface area contributed by atoms with Crippen LogP contribution >= 0.6 is 12.4 Å². The Kier molecular flexibility index (Phi) is 8.88. The summed E-state index contributed by atoms with van der Waals surface area (Å²) in [6.45, 7) is 3.51. The van der Waals surface area contributed by atoms with Gasteiger partial charge in [0.2, 0.25) is 11.8 Å². The molecule has 27 heavy (non-hydrogen) atoms. The summed E-state index contributed by atoms with van der Waals surface area (Å²) < 4.78 is 5.62. The highest BCUT2D eigenvalue weighted by atomic mass is 35.5. The zero-order chi connectivity index (χ0) is 18.2. The zero-order valence-corrected chi connectivity index (χ0v) is 16.5. The Labute approximate surface area is 167 Å². The second-order valence-corrected chi connectivity index (χ2v) is 7.15. The first-order valence-electron chi connectivity index (χ1n) is 9.69. The zero-order valence-electron chi connectivity index (χ0n) is 15.7. The lowest BCUT2D eigenvalue weighted by Gasteiger charge is -2.33. The van der Waals surface area contributed by atoms with Crippen LogP contribution in [0.1, 0.15) is 32.1 Å². The van der Waals surface area contributed by atoms with Gasteiger partial charge in [0.1, 0.15) is 5.75 Å². The predicted octanol–water partition coefficient (Wildman–Crippen LogP) is 1.98. The van der Waals surface area contributed by atoms with Gasteiger partial charge in [0.05, 0.1) is 19.1 Å². The van der Waals surface area contributed by atoms with Gasteiger partial charge in [0, 0.05) is 19.6 Å². The van der Waals surface area contributed by atoms with E-state index in [0.29, 0.717) is 25.5 Å². The van der Waals surface area contributed by atoms with Gasteiger partial charge in [-0.05, 0) is 50.3 Å². The Balaban J connectivity index is 0.00000261. The van der Waals surface area contributed by atoms with Crippen LogP contribution in [0.3, 0.4) is 0 Å². The second kappa shape index (κ2) is 11.1. The van der Waals surface area contributed by atoms with Crippen LogP contribution < -0.4 is 15.4 Å². The van der Waals surface area contributed by atoms with Gasteiger partial charge in [-0.3, -0.25) is 9.59 Å². The summed E-state index contributed by atoms with van der Waals surface area (Å²) >= 11 is 0. The van der Waals surface area contributed by atoms with E-state index in [2.05, 4.69) is 10.6 Å². The molecule has 2 saturated heterocycles. The summed E-state index contributed by atoms with van der Waals surface area (Å²) in [4.78, 5) is 26.5. The van der Waals surface area contributed by atoms with Crippen LogP contribution in [0.15, 0.2) is 30.3 Å². The number of carbonyl (C=O) groups is 2. The molecule has 0 bridgehead atoms. The molecule has 2 unspecified atom stereocenters. The number of piperidine rings is 1. The minimum Gasteiger partial charge on any atom is -0.493 e. The number of para-hydroxylation sites is 1. The summed E-state index contributed by atoms with van der Waals surface area (Å²) in [6, 6.07) is 9.52. The average molecular weight is 396 g/mol. The third-order valence-corrected chi connectivity index (χ3v) is 5.14. The molecular formula is C20H30ClN3O3. The van der Waals surface area contributed by atoms with Gasteiger partial charge >= 0.3 is 0 Å². The van der Waals surface area contributed by atoms with E-state index in [-0.39, 0.29) is 30.3 Å². The Hall–Kier alpha value is -1.79. The molecule has 2 heterocycles. The van der Waals surface area contributed by atoms with E-state index in [1.807, 2.05) is 35.2 Å². The average Bonchev–Trinajstić information content (AvgIpc) is 3.22. The van der Waals surface area contributed by atoms with Gasteiger partial charge in [-0.25, -0.2) is 0 Å². The van der Waals surface area contributed by atoms with Crippen LogP contribution in [0, 0.1) is 5.92 Å². The van der Waals surface area contributed by atoms with Crippen molar-refractivity contribution in [3.63, 3.8) is 0 Å². The SMILES string of the molecule is Cl.O=C(NCC1CCCN(C(=O)CCOc2ccccc2)C1)C1CCCN1. The monoisotopic (exact) mass is 395 g/mol. The van der Waals surface area contributed by atoms with E-state index in [1.54, 1.807) is 0 Å². The van der Waals surface area contributed by atoms with Crippen LogP contribution in [-0.2, 0) is 9.59 Å². The number of hydrogen-bond donors (Lipinski definition) is 2. The molecule has 2 aliphatic heterocycles. The minimum absolute atomic E-state index is 0. The maximum Gasteiger partial charge on any atom is 0.237 e. The van der Waals surface area contributed by atoms with Crippen molar-refractivity contribution in [2.45, 2.75) is 38.1 Å². The summed E-state index contributed by atoms with van der Waals surface area (Å²) in [5, 5.41) is 6.27. The fraction of sp³-hybridized carbons (Fsp3) is 0.600. The molecule has 2 atom stereocenters. The standard InChI is InChI=1S/C20H29N3O3.ClH/c24-19(10-13-26-17-7-2-1-3-8-17)23-12-5-6-16(15-23)14-22-20(25)18-9-4-11-21-18;/h1-3,7-8,16,18,21H,4-6,9-15H2,(H,22,25);1H. The molecule has 2 aliphatic rings. The quantitative estimate of drug-likeness (QED) is 0.740. The van der Waals surface area contributed by atoms with Crippen LogP contribution in [0.5, 0.6) is 5.75 Å². The molecule has 2 N–H and O–H groups in total. The number of amides is 2. The number of likely N-dealkylation sites (tertiary alicyclic amines) is 1. The smallest absolute Gasteiger partial charge is 0.237 e. The molecule has 6 nitrogen and oxygen atoms in total. The van der Waals surface area contributed by atoms with Crippen molar-refractivity contribution in [2.75, 3.05) is 32.8 Å². The first kappa shape index (κ1) is 21.5. The summed E-state index contributed by atoms with van der Waals surface area (Å²) in [7, 11) is 0. The normalized spacial score (nSPS) is 22.0. The van der Waals surface area contributed by atoms with Crippen molar-refractivity contribution in [3.05, 3.63) is 30.3 Å². The Bertz CT molecular complexity index is 593. The molecule has 150 valence electrons. The predicted molar refractivity (Wildman–Crippen MR) is 107 cm³/mol. The molecule has 0 saturated carbocycles. The lowest BCUT2D eigenvalue weighted by Crippen LogP contribution is -2.46. The van der Waals surface area contributed by atoms with Gasteiger partial charge in [-0.15, -0.1) is 12.4 Å². The maximum absolute atomic E-state index is 12.4. The van der Waals surface area contributed by atoms with Crippen molar-refractivity contribution in [1.29, 1.82) is 0 Å². The van der Waals surface area contributed by atoms with E-state index in [1.165, 1.54) is 0 Å². The number of carbonyl (C=O) groups excluding carboxylic acids is 2. The van der Waals surface area contributed by atoms with Crippen molar-refractivity contribution < 1.29 is 14.3 Å². The maximum atomic E-state index is 12.4. The summed E-state index contributed by atoms with van der Waals surface area (Å²) in [5.74, 6) is 1.37. The molecule has 2 amide bonds. The Morgan fingerprint density at radius 3 is 2.74 bits per heavy atom. The summed E-state index contributed by atoms with van der Waals surface area (Å²) in [6.07, 6.45) is 4.42. The topological polar surface area (TPSA) is 70.7 Å². The number of benzene rings is 1. The number of nitrogens with one attached hydrogen (secondary N) is 2. The number of hydrogen-bond acceptors (Lipinski definition) is 4. The number of halogens is 1. The minimum atomic E-state index is -0.0357. The van der Waals surface area contributed by atoms with Crippen LogP contribution in [0.2, 0.25) is 0 Å². The van der Waals surface area contributed by atoms with E-state index in [0.717, 1.165) is 51.1 Å². The fourth-order valence-corrected chi connectivity index (χ4v) is 3.67. The number of rotatable bonds is 7. The first-order chi connectivity index (χ1) is 12.7. The lowest BCUT2D eigenvalue weighted by molar-refractivity contribution is -0.133. The van der Waals surface area contributed by atoms with E-state index in [4.69, 9.17) is 4.74 Å².